The minimum atomic E-state index is -4.84. The van der Waals surface area contributed by atoms with Crippen molar-refractivity contribution in [1.29, 1.82) is 0 Å². The van der Waals surface area contributed by atoms with Crippen LogP contribution in [-0.4, -0.2) is 31.8 Å². The van der Waals surface area contributed by atoms with E-state index in [-0.39, 0.29) is 11.5 Å². The average molecular weight is 389 g/mol. The van der Waals surface area contributed by atoms with Gasteiger partial charge in [-0.25, -0.2) is 4.98 Å². The Morgan fingerprint density at radius 1 is 1.04 bits per heavy atom. The molecule has 2 heterocycles. The van der Waals surface area contributed by atoms with Crippen LogP contribution in [0.25, 0.3) is 5.78 Å². The number of nitrogens with one attached hydrogen (secondary N) is 1. The molecule has 144 valence electrons. The quantitative estimate of drug-likeness (QED) is 0.685. The maximum atomic E-state index is 13.5. The SMILES string of the molecule is Cc1cc(NC(Cc2ccccc2)C(F)(F)F)n2nc(C(F)(F)F)nc2n1. The molecule has 1 N–H and O–H groups in total. The monoisotopic (exact) mass is 389 g/mol. The van der Waals surface area contributed by atoms with Gasteiger partial charge in [-0.15, -0.1) is 5.10 Å². The second-order valence-corrected chi connectivity index (χ2v) is 5.86. The van der Waals surface area contributed by atoms with E-state index in [0.717, 1.165) is 0 Å². The summed E-state index contributed by atoms with van der Waals surface area (Å²) >= 11 is 0. The third-order valence-corrected chi connectivity index (χ3v) is 3.69. The predicted molar refractivity (Wildman–Crippen MR) is 84.1 cm³/mol. The lowest BCUT2D eigenvalue weighted by molar-refractivity contribution is -0.145. The van der Waals surface area contributed by atoms with Gasteiger partial charge in [0, 0.05) is 18.2 Å². The van der Waals surface area contributed by atoms with Crippen molar-refractivity contribution < 1.29 is 26.3 Å². The fourth-order valence-corrected chi connectivity index (χ4v) is 2.49. The van der Waals surface area contributed by atoms with Crippen molar-refractivity contribution in [2.24, 2.45) is 0 Å². The van der Waals surface area contributed by atoms with Crippen molar-refractivity contribution in [2.75, 3.05) is 5.32 Å². The summed E-state index contributed by atoms with van der Waals surface area (Å²) in [5.41, 5.74) is 0.621. The van der Waals surface area contributed by atoms with Crippen LogP contribution in [0.4, 0.5) is 32.2 Å². The lowest BCUT2D eigenvalue weighted by Gasteiger charge is -2.23. The molecule has 27 heavy (non-hydrogen) atoms. The van der Waals surface area contributed by atoms with Crippen LogP contribution in [0, 0.1) is 6.92 Å². The standard InChI is InChI=1S/C16H13F6N5/c1-9-7-12(27-14(23-9)25-13(26-27)16(20,21)22)24-11(15(17,18)19)8-10-5-3-2-4-6-10/h2-7,11,24H,8H2,1H3. The molecule has 0 fully saturated rings. The van der Waals surface area contributed by atoms with Gasteiger partial charge in [0.15, 0.2) is 0 Å². The molecule has 0 aliphatic rings. The van der Waals surface area contributed by atoms with Crippen LogP contribution in [0.3, 0.4) is 0 Å². The molecule has 0 spiro atoms. The molecule has 11 heteroatoms. The summed E-state index contributed by atoms with van der Waals surface area (Å²) in [5, 5.41) is 5.50. The second kappa shape index (κ2) is 6.71. The van der Waals surface area contributed by atoms with Crippen LogP contribution in [-0.2, 0) is 12.6 Å². The van der Waals surface area contributed by atoms with Crippen LogP contribution in [0.15, 0.2) is 36.4 Å². The third kappa shape index (κ3) is 4.29. The summed E-state index contributed by atoms with van der Waals surface area (Å²) in [6.45, 7) is 1.44. The van der Waals surface area contributed by atoms with Crippen LogP contribution < -0.4 is 5.32 Å². The van der Waals surface area contributed by atoms with Crippen LogP contribution in [0.2, 0.25) is 0 Å². The Morgan fingerprint density at radius 3 is 2.30 bits per heavy atom. The Hall–Kier alpha value is -2.85. The molecular weight excluding hydrogens is 376 g/mol. The van der Waals surface area contributed by atoms with Crippen molar-refractivity contribution in [3.8, 4) is 0 Å². The van der Waals surface area contributed by atoms with Gasteiger partial charge in [-0.3, -0.25) is 0 Å². The first-order valence-corrected chi connectivity index (χ1v) is 7.73. The number of anilines is 1. The van der Waals surface area contributed by atoms with Gasteiger partial charge in [0.05, 0.1) is 0 Å². The molecule has 0 amide bonds. The number of rotatable bonds is 4. The highest BCUT2D eigenvalue weighted by Gasteiger charge is 2.41. The van der Waals surface area contributed by atoms with E-state index in [2.05, 4.69) is 20.4 Å². The van der Waals surface area contributed by atoms with E-state index < -0.39 is 36.4 Å². The van der Waals surface area contributed by atoms with E-state index in [4.69, 9.17) is 0 Å². The summed E-state index contributed by atoms with van der Waals surface area (Å²) in [7, 11) is 0. The number of hydrogen-bond acceptors (Lipinski definition) is 4. The first kappa shape index (κ1) is 18.9. The van der Waals surface area contributed by atoms with Gasteiger partial charge < -0.3 is 5.32 Å². The maximum Gasteiger partial charge on any atom is 0.453 e. The Morgan fingerprint density at radius 2 is 1.70 bits per heavy atom. The zero-order valence-corrected chi connectivity index (χ0v) is 13.8. The maximum absolute atomic E-state index is 13.5. The number of alkyl halides is 6. The molecule has 2 aromatic heterocycles. The molecule has 1 atom stereocenters. The van der Waals surface area contributed by atoms with Gasteiger partial charge in [0.25, 0.3) is 11.6 Å². The van der Waals surface area contributed by atoms with Crippen LogP contribution in [0.5, 0.6) is 0 Å². The minimum Gasteiger partial charge on any atom is -0.358 e. The Labute approximate surface area is 149 Å². The molecule has 1 unspecified atom stereocenters. The number of fused-ring (bicyclic) bond motifs is 1. The number of halogens is 6. The molecule has 0 saturated carbocycles. The van der Waals surface area contributed by atoms with Gasteiger partial charge in [0.2, 0.25) is 0 Å². The number of benzene rings is 1. The molecule has 5 nitrogen and oxygen atoms in total. The van der Waals surface area contributed by atoms with E-state index in [1.165, 1.54) is 25.1 Å². The Balaban J connectivity index is 2.00. The number of aryl methyl sites for hydroxylation is 1. The molecule has 3 aromatic rings. The van der Waals surface area contributed by atoms with Crippen molar-refractivity contribution in [3.05, 3.63) is 53.5 Å². The fourth-order valence-electron chi connectivity index (χ4n) is 2.49. The summed E-state index contributed by atoms with van der Waals surface area (Å²) in [4.78, 5) is 7.05. The summed E-state index contributed by atoms with van der Waals surface area (Å²) < 4.78 is 79.6. The second-order valence-electron chi connectivity index (χ2n) is 5.86. The molecule has 0 aliphatic carbocycles. The Bertz CT molecular complexity index is 932. The lowest BCUT2D eigenvalue weighted by Crippen LogP contribution is -2.38. The summed E-state index contributed by atoms with van der Waals surface area (Å²) in [5.74, 6) is -2.19. The van der Waals surface area contributed by atoms with E-state index in [1.807, 2.05) is 0 Å². The van der Waals surface area contributed by atoms with Crippen molar-refractivity contribution >= 4 is 11.6 Å². The minimum absolute atomic E-state index is 0.201. The van der Waals surface area contributed by atoms with Gasteiger partial charge >= 0.3 is 12.4 Å². The lowest BCUT2D eigenvalue weighted by atomic mass is 10.1. The van der Waals surface area contributed by atoms with Crippen molar-refractivity contribution in [1.82, 2.24) is 19.6 Å². The molecule has 0 aliphatic heterocycles. The predicted octanol–water partition coefficient (Wildman–Crippen LogP) is 4.04. The van der Waals surface area contributed by atoms with Crippen molar-refractivity contribution in [2.45, 2.75) is 31.7 Å². The molecule has 1 aromatic carbocycles. The van der Waals surface area contributed by atoms with Gasteiger partial charge in [0.1, 0.15) is 11.9 Å². The van der Waals surface area contributed by atoms with Crippen LogP contribution in [0.1, 0.15) is 17.1 Å². The molecular formula is C16H13F6N5. The highest BCUT2D eigenvalue weighted by Crippen LogP contribution is 2.29. The fraction of sp³-hybridized carbons (Fsp3) is 0.312. The normalized spacial score (nSPS) is 13.7. The number of nitrogens with zero attached hydrogens (tertiary/aromatic N) is 4. The smallest absolute Gasteiger partial charge is 0.358 e. The average Bonchev–Trinajstić information content (AvgIpc) is 2.98. The first-order valence-electron chi connectivity index (χ1n) is 7.73. The Kier molecular flexibility index (Phi) is 4.70. The number of hydrogen-bond donors (Lipinski definition) is 1. The molecule has 0 radical (unpaired) electrons. The van der Waals surface area contributed by atoms with Crippen LogP contribution >= 0.6 is 0 Å². The molecule has 0 bridgehead atoms. The van der Waals surface area contributed by atoms with E-state index in [1.54, 1.807) is 18.2 Å². The topological polar surface area (TPSA) is 55.1 Å². The van der Waals surface area contributed by atoms with E-state index in [9.17, 15) is 26.3 Å². The summed E-state index contributed by atoms with van der Waals surface area (Å²) in [6.07, 6.45) is -9.90. The van der Waals surface area contributed by atoms with Gasteiger partial charge in [-0.1, -0.05) is 30.3 Å². The van der Waals surface area contributed by atoms with Crippen molar-refractivity contribution in [3.63, 3.8) is 0 Å². The largest absolute Gasteiger partial charge is 0.453 e. The summed E-state index contributed by atoms with van der Waals surface area (Å²) in [6, 6.07) is 7.09. The third-order valence-electron chi connectivity index (χ3n) is 3.69. The first-order chi connectivity index (χ1) is 12.5. The zero-order chi connectivity index (χ0) is 19.8. The number of aromatic nitrogens is 4. The highest BCUT2D eigenvalue weighted by atomic mass is 19.4. The van der Waals surface area contributed by atoms with E-state index in [0.29, 0.717) is 10.1 Å². The zero-order valence-electron chi connectivity index (χ0n) is 13.8. The van der Waals surface area contributed by atoms with Gasteiger partial charge in [-0.05, 0) is 12.5 Å². The van der Waals surface area contributed by atoms with E-state index >= 15 is 0 Å². The molecule has 0 saturated heterocycles. The van der Waals surface area contributed by atoms with Gasteiger partial charge in [-0.2, -0.15) is 35.8 Å². The molecule has 3 rings (SSSR count). The highest BCUT2D eigenvalue weighted by molar-refractivity contribution is 5.46.